The third kappa shape index (κ3) is 4.55. The average molecular weight is 448 g/mol. The van der Waals surface area contributed by atoms with Crippen LogP contribution < -0.4 is 10.2 Å². The number of fused-ring (bicyclic) bond motifs is 1. The molecule has 1 amide bonds. The van der Waals surface area contributed by atoms with Gasteiger partial charge in [0, 0.05) is 27.1 Å². The molecule has 0 saturated carbocycles. The molecule has 5 nitrogen and oxygen atoms in total. The van der Waals surface area contributed by atoms with Gasteiger partial charge in [-0.3, -0.25) is 4.79 Å². The Hall–Kier alpha value is -3.38. The highest BCUT2D eigenvalue weighted by molar-refractivity contribution is 9.10. The van der Waals surface area contributed by atoms with Crippen molar-refractivity contribution in [2.75, 3.05) is 0 Å². The molecule has 0 spiro atoms. The number of para-hydroxylation sites is 1. The van der Waals surface area contributed by atoms with Crippen LogP contribution in [0, 0.1) is 0 Å². The molecular weight excluding hydrogens is 430 g/mol. The lowest BCUT2D eigenvalue weighted by molar-refractivity contribution is 0.0950. The van der Waals surface area contributed by atoms with Crippen LogP contribution in [0.3, 0.4) is 0 Å². The molecular formula is C23H18BrN3O2. The highest BCUT2D eigenvalue weighted by Crippen LogP contribution is 2.25. The Morgan fingerprint density at radius 3 is 2.72 bits per heavy atom. The van der Waals surface area contributed by atoms with Crippen molar-refractivity contribution in [1.29, 1.82) is 0 Å². The lowest BCUT2D eigenvalue weighted by Gasteiger charge is -2.11. The number of rotatable bonds is 6. The number of ether oxygens (including phenoxy) is 1. The number of benzene rings is 3. The van der Waals surface area contributed by atoms with Crippen LogP contribution in [-0.2, 0) is 6.61 Å². The molecule has 0 aliphatic heterocycles. The Kier molecular flexibility index (Phi) is 5.72. The molecule has 0 bridgehead atoms. The molecule has 1 heterocycles. The molecule has 144 valence electrons. The maximum Gasteiger partial charge on any atom is 0.275 e. The van der Waals surface area contributed by atoms with E-state index < -0.39 is 0 Å². The summed E-state index contributed by atoms with van der Waals surface area (Å²) in [5, 5.41) is 5.15. The lowest BCUT2D eigenvalue weighted by atomic mass is 10.2. The van der Waals surface area contributed by atoms with Gasteiger partial charge in [0.2, 0.25) is 0 Å². The van der Waals surface area contributed by atoms with E-state index in [1.165, 1.54) is 0 Å². The minimum absolute atomic E-state index is 0.336. The fourth-order valence-electron chi connectivity index (χ4n) is 2.96. The first-order valence-corrected chi connectivity index (χ1v) is 9.86. The minimum atomic E-state index is -0.336. The zero-order valence-corrected chi connectivity index (χ0v) is 17.0. The van der Waals surface area contributed by atoms with Gasteiger partial charge < -0.3 is 9.72 Å². The molecule has 0 saturated heterocycles. The van der Waals surface area contributed by atoms with Crippen molar-refractivity contribution in [3.63, 3.8) is 0 Å². The first-order chi connectivity index (χ1) is 14.2. The van der Waals surface area contributed by atoms with Crippen molar-refractivity contribution < 1.29 is 9.53 Å². The number of halogens is 1. The largest absolute Gasteiger partial charge is 0.488 e. The number of hydrogen-bond acceptors (Lipinski definition) is 3. The molecule has 6 heteroatoms. The van der Waals surface area contributed by atoms with Crippen LogP contribution in [0.2, 0.25) is 0 Å². The topological polar surface area (TPSA) is 66.5 Å². The van der Waals surface area contributed by atoms with Gasteiger partial charge >= 0.3 is 0 Å². The van der Waals surface area contributed by atoms with Crippen LogP contribution in [0.1, 0.15) is 21.5 Å². The second-order valence-corrected chi connectivity index (χ2v) is 7.32. The third-order valence-electron chi connectivity index (χ3n) is 4.42. The van der Waals surface area contributed by atoms with Crippen molar-refractivity contribution in [1.82, 2.24) is 10.4 Å². The molecule has 29 heavy (non-hydrogen) atoms. The van der Waals surface area contributed by atoms with Gasteiger partial charge in [0.05, 0.1) is 11.8 Å². The van der Waals surface area contributed by atoms with Gasteiger partial charge in [-0.1, -0.05) is 64.5 Å². The van der Waals surface area contributed by atoms with Gasteiger partial charge in [0.1, 0.15) is 12.4 Å². The Bertz CT molecular complexity index is 1170. The summed E-state index contributed by atoms with van der Waals surface area (Å²) < 4.78 is 6.72. The van der Waals surface area contributed by atoms with E-state index in [-0.39, 0.29) is 5.91 Å². The Morgan fingerprint density at radius 1 is 1.07 bits per heavy atom. The van der Waals surface area contributed by atoms with Crippen molar-refractivity contribution >= 4 is 39.0 Å². The number of H-pyrrole nitrogens is 1. The number of nitrogens with zero attached hydrogens (tertiary/aromatic N) is 1. The van der Waals surface area contributed by atoms with Crippen LogP contribution in [0.4, 0.5) is 0 Å². The Morgan fingerprint density at radius 2 is 1.86 bits per heavy atom. The highest BCUT2D eigenvalue weighted by Gasteiger charge is 2.13. The van der Waals surface area contributed by atoms with E-state index in [0.717, 1.165) is 26.5 Å². The molecule has 4 aromatic rings. The summed E-state index contributed by atoms with van der Waals surface area (Å²) >= 11 is 3.43. The highest BCUT2D eigenvalue weighted by atomic mass is 79.9. The maximum absolute atomic E-state index is 12.7. The van der Waals surface area contributed by atoms with Gasteiger partial charge in [-0.25, -0.2) is 5.43 Å². The number of aromatic amines is 1. The second kappa shape index (κ2) is 8.75. The fourth-order valence-corrected chi connectivity index (χ4v) is 3.30. The smallest absolute Gasteiger partial charge is 0.275 e. The normalized spacial score (nSPS) is 11.1. The van der Waals surface area contributed by atoms with Crippen LogP contribution in [0.25, 0.3) is 10.9 Å². The molecule has 3 aromatic carbocycles. The summed E-state index contributed by atoms with van der Waals surface area (Å²) in [6, 6.07) is 23.0. The standard InChI is InChI=1S/C23H18BrN3O2/c24-18-10-11-20(22(12-18)29-15-16-6-2-1-3-7-16)23(28)27-26-14-17-13-25-21-9-5-4-8-19(17)21/h1-14,25H,15H2,(H,27,28). The van der Waals surface area contributed by atoms with Gasteiger partial charge in [0.15, 0.2) is 0 Å². The molecule has 0 fully saturated rings. The minimum Gasteiger partial charge on any atom is -0.488 e. The van der Waals surface area contributed by atoms with E-state index in [2.05, 4.69) is 31.4 Å². The van der Waals surface area contributed by atoms with E-state index in [4.69, 9.17) is 4.74 Å². The summed E-state index contributed by atoms with van der Waals surface area (Å²) in [5.74, 6) is 0.152. The molecule has 4 rings (SSSR count). The summed E-state index contributed by atoms with van der Waals surface area (Å²) in [6.07, 6.45) is 3.48. The second-order valence-electron chi connectivity index (χ2n) is 6.40. The van der Waals surface area contributed by atoms with E-state index in [1.54, 1.807) is 24.4 Å². The predicted molar refractivity (Wildman–Crippen MR) is 118 cm³/mol. The molecule has 0 atom stereocenters. The third-order valence-corrected chi connectivity index (χ3v) is 4.91. The van der Waals surface area contributed by atoms with Gasteiger partial charge in [0.25, 0.3) is 5.91 Å². The molecule has 0 aliphatic carbocycles. The van der Waals surface area contributed by atoms with Crippen LogP contribution in [-0.4, -0.2) is 17.1 Å². The number of hydrogen-bond donors (Lipinski definition) is 2. The monoisotopic (exact) mass is 447 g/mol. The first kappa shape index (κ1) is 19.0. The molecule has 0 radical (unpaired) electrons. The van der Waals surface area contributed by atoms with Crippen LogP contribution in [0.15, 0.2) is 88.6 Å². The number of nitrogens with one attached hydrogen (secondary N) is 2. The Labute approximate surface area is 176 Å². The summed E-state index contributed by atoms with van der Waals surface area (Å²) in [4.78, 5) is 15.8. The average Bonchev–Trinajstić information content (AvgIpc) is 3.16. The van der Waals surface area contributed by atoms with Gasteiger partial charge in [-0.2, -0.15) is 5.10 Å². The fraction of sp³-hybridized carbons (Fsp3) is 0.0435. The Balaban J connectivity index is 1.48. The molecule has 2 N–H and O–H groups in total. The van der Waals surface area contributed by atoms with Gasteiger partial charge in [-0.15, -0.1) is 0 Å². The lowest BCUT2D eigenvalue weighted by Crippen LogP contribution is -2.18. The van der Waals surface area contributed by atoms with Crippen LogP contribution in [0.5, 0.6) is 5.75 Å². The van der Waals surface area contributed by atoms with E-state index in [0.29, 0.717) is 17.9 Å². The first-order valence-electron chi connectivity index (χ1n) is 9.06. The van der Waals surface area contributed by atoms with E-state index >= 15 is 0 Å². The molecule has 0 aliphatic rings. The van der Waals surface area contributed by atoms with E-state index in [9.17, 15) is 4.79 Å². The number of aromatic nitrogens is 1. The van der Waals surface area contributed by atoms with Crippen molar-refractivity contribution in [2.24, 2.45) is 5.10 Å². The van der Waals surface area contributed by atoms with Crippen molar-refractivity contribution in [2.45, 2.75) is 6.61 Å². The molecule has 1 aromatic heterocycles. The van der Waals surface area contributed by atoms with Crippen molar-refractivity contribution in [3.8, 4) is 5.75 Å². The summed E-state index contributed by atoms with van der Waals surface area (Å²) in [7, 11) is 0. The summed E-state index contributed by atoms with van der Waals surface area (Å²) in [6.45, 7) is 0.371. The van der Waals surface area contributed by atoms with E-state index in [1.807, 2.05) is 60.8 Å². The number of carbonyl (C=O) groups is 1. The zero-order chi connectivity index (χ0) is 20.1. The zero-order valence-electron chi connectivity index (χ0n) is 15.4. The maximum atomic E-state index is 12.7. The predicted octanol–water partition coefficient (Wildman–Crippen LogP) is 5.27. The SMILES string of the molecule is O=C(NN=Cc1c[nH]c2ccccc12)c1ccc(Br)cc1OCc1ccccc1. The van der Waals surface area contributed by atoms with Crippen LogP contribution >= 0.6 is 15.9 Å². The number of carbonyl (C=O) groups excluding carboxylic acids is 1. The quantitative estimate of drug-likeness (QED) is 0.312. The number of amides is 1. The van der Waals surface area contributed by atoms with Crippen molar-refractivity contribution in [3.05, 3.63) is 100 Å². The number of hydrazone groups is 1. The van der Waals surface area contributed by atoms with Gasteiger partial charge in [-0.05, 0) is 29.8 Å². The molecule has 0 unspecified atom stereocenters. The summed E-state index contributed by atoms with van der Waals surface area (Å²) in [5.41, 5.74) is 5.94.